The van der Waals surface area contributed by atoms with Crippen LogP contribution in [0.3, 0.4) is 0 Å². The number of H-pyrrole nitrogens is 1. The number of hydrogen-bond acceptors (Lipinski definition) is 4. The van der Waals surface area contributed by atoms with E-state index in [2.05, 4.69) is 25.2 Å². The Morgan fingerprint density at radius 2 is 2.26 bits per heavy atom. The summed E-state index contributed by atoms with van der Waals surface area (Å²) in [4.78, 5) is 3.99. The van der Waals surface area contributed by atoms with Gasteiger partial charge in [-0.2, -0.15) is 13.9 Å². The third-order valence-electron chi connectivity index (χ3n) is 2.62. The summed E-state index contributed by atoms with van der Waals surface area (Å²) in [6.45, 7) is -0.369. The van der Waals surface area contributed by atoms with Gasteiger partial charge in [0.15, 0.2) is 0 Å². The van der Waals surface area contributed by atoms with Crippen molar-refractivity contribution in [3.8, 4) is 5.75 Å². The van der Waals surface area contributed by atoms with Gasteiger partial charge in [-0.25, -0.2) is 4.98 Å². The van der Waals surface area contributed by atoms with E-state index in [9.17, 15) is 8.78 Å². The van der Waals surface area contributed by atoms with Crippen molar-refractivity contribution in [2.75, 3.05) is 0 Å². The fourth-order valence-corrected chi connectivity index (χ4v) is 1.64. The Labute approximate surface area is 109 Å². The summed E-state index contributed by atoms with van der Waals surface area (Å²) in [5, 5.41) is 9.68. The Balaban J connectivity index is 1.96. The SMILES string of the molecule is CC(NCc1ncn[nH]1)c1cccc(OC(F)F)c1. The number of aromatic amines is 1. The number of rotatable bonds is 6. The van der Waals surface area contributed by atoms with Gasteiger partial charge in [0, 0.05) is 6.04 Å². The lowest BCUT2D eigenvalue weighted by Gasteiger charge is -2.14. The summed E-state index contributed by atoms with van der Waals surface area (Å²) in [6, 6.07) is 6.59. The third-order valence-corrected chi connectivity index (χ3v) is 2.62. The predicted molar refractivity (Wildman–Crippen MR) is 64.7 cm³/mol. The number of alkyl halides is 2. The summed E-state index contributed by atoms with van der Waals surface area (Å²) >= 11 is 0. The molecular weight excluding hydrogens is 254 g/mol. The van der Waals surface area contributed by atoms with Crippen LogP contribution in [0.4, 0.5) is 8.78 Å². The van der Waals surface area contributed by atoms with Crippen molar-refractivity contribution in [3.05, 3.63) is 42.0 Å². The first kappa shape index (κ1) is 13.4. The van der Waals surface area contributed by atoms with Crippen LogP contribution in [0.25, 0.3) is 0 Å². The monoisotopic (exact) mass is 268 g/mol. The fraction of sp³-hybridized carbons (Fsp3) is 0.333. The Morgan fingerprint density at radius 3 is 2.95 bits per heavy atom. The summed E-state index contributed by atoms with van der Waals surface area (Å²) in [5.41, 5.74) is 0.859. The van der Waals surface area contributed by atoms with Crippen LogP contribution in [0.1, 0.15) is 24.4 Å². The van der Waals surface area contributed by atoms with Gasteiger partial charge in [0.1, 0.15) is 17.9 Å². The maximum atomic E-state index is 12.1. The Kier molecular flexibility index (Phi) is 4.40. The van der Waals surface area contributed by atoms with Crippen molar-refractivity contribution < 1.29 is 13.5 Å². The molecule has 0 aliphatic carbocycles. The smallest absolute Gasteiger partial charge is 0.387 e. The molecule has 5 nitrogen and oxygen atoms in total. The van der Waals surface area contributed by atoms with Gasteiger partial charge in [-0.15, -0.1) is 0 Å². The summed E-state index contributed by atoms with van der Waals surface area (Å²) in [5.74, 6) is 0.868. The number of ether oxygens (including phenoxy) is 1. The minimum absolute atomic E-state index is 0.0219. The van der Waals surface area contributed by atoms with Gasteiger partial charge in [-0.05, 0) is 24.6 Å². The lowest BCUT2D eigenvalue weighted by molar-refractivity contribution is -0.0499. The van der Waals surface area contributed by atoms with Crippen LogP contribution in [0.15, 0.2) is 30.6 Å². The molecule has 0 bridgehead atoms. The minimum Gasteiger partial charge on any atom is -0.435 e. The third kappa shape index (κ3) is 3.99. The Morgan fingerprint density at radius 1 is 1.42 bits per heavy atom. The van der Waals surface area contributed by atoms with Gasteiger partial charge in [0.05, 0.1) is 6.54 Å². The van der Waals surface area contributed by atoms with Crippen LogP contribution in [0.2, 0.25) is 0 Å². The van der Waals surface area contributed by atoms with E-state index in [1.54, 1.807) is 12.1 Å². The zero-order valence-electron chi connectivity index (χ0n) is 10.3. The molecule has 0 aliphatic rings. The van der Waals surface area contributed by atoms with E-state index in [1.807, 2.05) is 13.0 Å². The van der Waals surface area contributed by atoms with Crippen molar-refractivity contribution in [3.63, 3.8) is 0 Å². The second-order valence-corrected chi connectivity index (χ2v) is 3.99. The summed E-state index contributed by atoms with van der Waals surface area (Å²) in [6.07, 6.45) is 1.43. The van der Waals surface area contributed by atoms with Gasteiger partial charge >= 0.3 is 6.61 Å². The minimum atomic E-state index is -2.81. The Bertz CT molecular complexity index is 504. The molecule has 0 saturated heterocycles. The maximum Gasteiger partial charge on any atom is 0.387 e. The van der Waals surface area contributed by atoms with E-state index in [0.717, 1.165) is 5.56 Å². The quantitative estimate of drug-likeness (QED) is 0.843. The molecular formula is C12H14F2N4O. The first-order valence-corrected chi connectivity index (χ1v) is 5.77. The van der Waals surface area contributed by atoms with Gasteiger partial charge in [0.2, 0.25) is 0 Å². The second-order valence-electron chi connectivity index (χ2n) is 3.99. The molecule has 7 heteroatoms. The van der Waals surface area contributed by atoms with E-state index in [4.69, 9.17) is 0 Å². The molecule has 102 valence electrons. The molecule has 0 spiro atoms. The van der Waals surface area contributed by atoms with E-state index in [0.29, 0.717) is 12.4 Å². The molecule has 0 radical (unpaired) electrons. The van der Waals surface area contributed by atoms with Crippen LogP contribution in [0.5, 0.6) is 5.75 Å². The molecule has 1 aromatic heterocycles. The highest BCUT2D eigenvalue weighted by molar-refractivity contribution is 5.30. The molecule has 2 N–H and O–H groups in total. The average molecular weight is 268 g/mol. The molecule has 19 heavy (non-hydrogen) atoms. The first-order chi connectivity index (χ1) is 9.15. The number of benzene rings is 1. The van der Waals surface area contributed by atoms with Gasteiger partial charge in [-0.1, -0.05) is 12.1 Å². The highest BCUT2D eigenvalue weighted by atomic mass is 19.3. The lowest BCUT2D eigenvalue weighted by Crippen LogP contribution is -2.19. The van der Waals surface area contributed by atoms with Crippen LogP contribution >= 0.6 is 0 Å². The normalized spacial score (nSPS) is 12.6. The number of halogens is 2. The van der Waals surface area contributed by atoms with E-state index >= 15 is 0 Å². The molecule has 0 saturated carbocycles. The van der Waals surface area contributed by atoms with Gasteiger partial charge in [-0.3, -0.25) is 5.10 Å². The van der Waals surface area contributed by atoms with Crippen LogP contribution in [0, 0.1) is 0 Å². The number of aromatic nitrogens is 3. The van der Waals surface area contributed by atoms with Crippen molar-refractivity contribution in [1.82, 2.24) is 20.5 Å². The lowest BCUT2D eigenvalue weighted by atomic mass is 10.1. The van der Waals surface area contributed by atoms with Crippen LogP contribution in [-0.2, 0) is 6.54 Å². The molecule has 1 heterocycles. The van der Waals surface area contributed by atoms with E-state index < -0.39 is 6.61 Å². The highest BCUT2D eigenvalue weighted by Gasteiger charge is 2.09. The first-order valence-electron chi connectivity index (χ1n) is 5.77. The maximum absolute atomic E-state index is 12.1. The van der Waals surface area contributed by atoms with Crippen LogP contribution in [-0.4, -0.2) is 21.8 Å². The highest BCUT2D eigenvalue weighted by Crippen LogP contribution is 2.20. The fourth-order valence-electron chi connectivity index (χ4n) is 1.64. The average Bonchev–Trinajstić information content (AvgIpc) is 2.88. The molecule has 2 aromatic rings. The molecule has 2 rings (SSSR count). The van der Waals surface area contributed by atoms with E-state index in [-0.39, 0.29) is 11.8 Å². The topological polar surface area (TPSA) is 62.8 Å². The van der Waals surface area contributed by atoms with Crippen molar-refractivity contribution in [2.24, 2.45) is 0 Å². The molecule has 0 amide bonds. The molecule has 1 aromatic carbocycles. The summed E-state index contributed by atoms with van der Waals surface area (Å²) in [7, 11) is 0. The molecule has 1 unspecified atom stereocenters. The number of nitrogens with zero attached hydrogens (tertiary/aromatic N) is 2. The Hall–Kier alpha value is -2.02. The van der Waals surface area contributed by atoms with Crippen molar-refractivity contribution in [1.29, 1.82) is 0 Å². The zero-order valence-corrected chi connectivity index (χ0v) is 10.3. The second kappa shape index (κ2) is 6.24. The summed E-state index contributed by atoms with van der Waals surface area (Å²) < 4.78 is 28.6. The van der Waals surface area contributed by atoms with Crippen molar-refractivity contribution in [2.45, 2.75) is 26.1 Å². The van der Waals surface area contributed by atoms with Gasteiger partial charge < -0.3 is 10.1 Å². The van der Waals surface area contributed by atoms with Crippen LogP contribution < -0.4 is 10.1 Å². The predicted octanol–water partition coefficient (Wildman–Crippen LogP) is 2.26. The number of hydrogen-bond donors (Lipinski definition) is 2. The van der Waals surface area contributed by atoms with E-state index in [1.165, 1.54) is 12.4 Å². The zero-order chi connectivity index (χ0) is 13.7. The van der Waals surface area contributed by atoms with Crippen molar-refractivity contribution >= 4 is 0 Å². The molecule has 0 aliphatic heterocycles. The molecule has 0 fully saturated rings. The molecule has 1 atom stereocenters. The standard InChI is InChI=1S/C12H14F2N4O/c1-8(15-6-11-16-7-17-18-11)9-3-2-4-10(5-9)19-12(13)14/h2-5,7-8,12,15H,6H2,1H3,(H,16,17,18). The van der Waals surface area contributed by atoms with Gasteiger partial charge in [0.25, 0.3) is 0 Å². The largest absolute Gasteiger partial charge is 0.435 e. The number of nitrogens with one attached hydrogen (secondary N) is 2.